The molecule has 1 nitrogen and oxygen atoms in total. The van der Waals surface area contributed by atoms with Crippen LogP contribution in [-0.4, -0.2) is 0 Å². The Morgan fingerprint density at radius 2 is 1.50 bits per heavy atom. The zero-order chi connectivity index (χ0) is 21.6. The molecule has 0 saturated carbocycles. The number of hydrogen-bond acceptors (Lipinski definition) is 1. The van der Waals surface area contributed by atoms with E-state index in [4.69, 9.17) is 0 Å². The average Bonchev–Trinajstić information content (AvgIpc) is 2.93. The summed E-state index contributed by atoms with van der Waals surface area (Å²) >= 11 is 2.24. The molecule has 0 fully saturated rings. The molecule has 0 N–H and O–H groups in total. The molecule has 1 atom stereocenters. The van der Waals surface area contributed by atoms with Crippen molar-refractivity contribution in [1.29, 1.82) is 0 Å². The first-order chi connectivity index (χ1) is 14.3. The van der Waals surface area contributed by atoms with E-state index in [9.17, 15) is 0 Å². The summed E-state index contributed by atoms with van der Waals surface area (Å²) in [5.41, 5.74) is 12.5. The predicted octanol–water partition coefficient (Wildman–Crippen LogP) is 1.61. The van der Waals surface area contributed by atoms with Gasteiger partial charge in [0.1, 0.15) is 0 Å². The van der Waals surface area contributed by atoms with Crippen LogP contribution < -0.4 is 28.2 Å². The first-order valence-electron chi connectivity index (χ1n) is 10.7. The van der Waals surface area contributed by atoms with Gasteiger partial charge in [0.15, 0.2) is 0 Å². The number of anilines is 1. The molecule has 165 valence electrons. The van der Waals surface area contributed by atoms with Gasteiger partial charge in [-0.1, -0.05) is 0 Å². The summed E-state index contributed by atoms with van der Waals surface area (Å²) in [5.74, 6) is 0.457. The minimum Gasteiger partial charge on any atom is -1.00 e. The number of benzene rings is 3. The van der Waals surface area contributed by atoms with Crippen molar-refractivity contribution in [3.05, 3.63) is 93.6 Å². The number of fused-ring (bicyclic) bond motifs is 1. The maximum Gasteiger partial charge on any atom is -1.00 e. The van der Waals surface area contributed by atoms with Crippen molar-refractivity contribution in [1.82, 2.24) is 0 Å². The topological polar surface area (TPSA) is 3.24 Å². The molecular formula is C28H30Cl2NTi. The van der Waals surface area contributed by atoms with Gasteiger partial charge in [-0.15, -0.1) is 0 Å². The second kappa shape index (κ2) is 10.6. The summed E-state index contributed by atoms with van der Waals surface area (Å²) in [6, 6.07) is 18.0. The zero-order valence-electron chi connectivity index (χ0n) is 19.7. The third-order valence-corrected chi connectivity index (χ3v) is 7.10. The molecule has 1 aliphatic carbocycles. The Morgan fingerprint density at radius 3 is 2.09 bits per heavy atom. The number of nitrogens with zero attached hydrogens (tertiary/aromatic N) is 1. The van der Waals surface area contributed by atoms with E-state index >= 15 is 0 Å². The van der Waals surface area contributed by atoms with Crippen LogP contribution in [-0.2, 0) is 27.2 Å². The molecule has 0 aliphatic heterocycles. The fourth-order valence-electron chi connectivity index (χ4n) is 5.18. The van der Waals surface area contributed by atoms with E-state index in [1.165, 1.54) is 61.0 Å². The van der Waals surface area contributed by atoms with Crippen molar-refractivity contribution < 1.29 is 45.5 Å². The molecule has 3 aromatic carbocycles. The Balaban J connectivity index is 0.00000181. The second-order valence-corrected chi connectivity index (χ2v) is 9.67. The van der Waals surface area contributed by atoms with Crippen LogP contribution in [0, 0.1) is 26.7 Å². The molecule has 0 bridgehead atoms. The van der Waals surface area contributed by atoms with Gasteiger partial charge in [0, 0.05) is 0 Å². The maximum absolute atomic E-state index is 2.44. The van der Waals surface area contributed by atoms with Gasteiger partial charge >= 0.3 is 194 Å². The minimum atomic E-state index is 0. The molecule has 0 radical (unpaired) electrons. The van der Waals surface area contributed by atoms with Gasteiger partial charge in [-0.3, -0.25) is 0 Å². The van der Waals surface area contributed by atoms with Gasteiger partial charge in [-0.25, -0.2) is 0 Å². The Hall–Kier alpha value is -1.51. The van der Waals surface area contributed by atoms with Gasteiger partial charge < -0.3 is 24.8 Å². The van der Waals surface area contributed by atoms with Crippen molar-refractivity contribution >= 4 is 22.0 Å². The molecule has 1 aliphatic rings. The molecule has 0 amide bonds. The molecule has 3 aromatic rings. The SMILES string of the molecule is CC1=CC(C)C(c2ccc3ccccc3c2C[N]([Ti+2])c2c(C)cc(C)cc2C)=C1C.[Cl-].[Cl-]. The van der Waals surface area contributed by atoms with Gasteiger partial charge in [0.2, 0.25) is 0 Å². The van der Waals surface area contributed by atoms with E-state index in [1.54, 1.807) is 0 Å². The fraction of sp³-hybridized carbons (Fsp3) is 0.286. The van der Waals surface area contributed by atoms with Crippen molar-refractivity contribution in [3.63, 3.8) is 0 Å². The summed E-state index contributed by atoms with van der Waals surface area (Å²) in [4.78, 5) is 0. The van der Waals surface area contributed by atoms with E-state index < -0.39 is 0 Å². The quantitative estimate of drug-likeness (QED) is 0.494. The molecule has 4 rings (SSSR count). The van der Waals surface area contributed by atoms with E-state index in [-0.39, 0.29) is 24.8 Å². The maximum atomic E-state index is 2.44. The van der Waals surface area contributed by atoms with E-state index in [0.29, 0.717) is 5.92 Å². The zero-order valence-corrected chi connectivity index (χ0v) is 22.8. The standard InChI is InChI=1S/C28H30N.2ClH.Ti/c1-17-13-20(4)28(21(5)14-17)29-16-26-24-10-8-7-9-23(24)11-12-25(26)27-19(3)15-18(2)22(27)6;;;/h7-15,19H,16H2,1-6H3;2*1H;/q-1;;;+3/p-2. The molecule has 1 unspecified atom stereocenters. The van der Waals surface area contributed by atoms with Crippen LogP contribution in [0.4, 0.5) is 5.69 Å². The Labute approximate surface area is 217 Å². The number of allylic oxidation sites excluding steroid dienone is 4. The van der Waals surface area contributed by atoms with Crippen LogP contribution in [0.15, 0.2) is 65.8 Å². The van der Waals surface area contributed by atoms with E-state index in [0.717, 1.165) is 6.54 Å². The number of rotatable bonds is 4. The van der Waals surface area contributed by atoms with Crippen molar-refractivity contribution in [2.75, 3.05) is 3.38 Å². The normalized spacial score (nSPS) is 15.4. The molecule has 0 saturated heterocycles. The van der Waals surface area contributed by atoms with E-state index in [1.807, 2.05) is 0 Å². The number of hydrogen-bond donors (Lipinski definition) is 0. The molecule has 0 heterocycles. The average molecular weight is 499 g/mol. The van der Waals surface area contributed by atoms with E-state index in [2.05, 4.69) is 120 Å². The molecule has 4 heteroatoms. The third-order valence-electron chi connectivity index (χ3n) is 6.50. The summed E-state index contributed by atoms with van der Waals surface area (Å²) in [6.07, 6.45) is 2.40. The van der Waals surface area contributed by atoms with Gasteiger partial charge in [-0.05, 0) is 0 Å². The van der Waals surface area contributed by atoms with Gasteiger partial charge in [0.05, 0.1) is 0 Å². The van der Waals surface area contributed by atoms with Crippen molar-refractivity contribution in [3.8, 4) is 0 Å². The number of aryl methyl sites for hydroxylation is 3. The van der Waals surface area contributed by atoms with Crippen LogP contribution in [0.1, 0.15) is 48.6 Å². The summed E-state index contributed by atoms with van der Waals surface area (Å²) < 4.78 is 2.44. The first kappa shape index (κ1) is 26.7. The molecular weight excluding hydrogens is 469 g/mol. The van der Waals surface area contributed by atoms with Crippen LogP contribution in [0.3, 0.4) is 0 Å². The van der Waals surface area contributed by atoms with Crippen molar-refractivity contribution in [2.45, 2.75) is 48.1 Å². The largest absolute Gasteiger partial charge is 1.00 e. The van der Waals surface area contributed by atoms with Crippen LogP contribution in [0.25, 0.3) is 16.3 Å². The van der Waals surface area contributed by atoms with Crippen LogP contribution >= 0.6 is 0 Å². The molecule has 0 aromatic heterocycles. The Morgan fingerprint density at radius 1 is 0.875 bits per heavy atom. The number of halogens is 2. The minimum absolute atomic E-state index is 0. The monoisotopic (exact) mass is 498 g/mol. The Kier molecular flexibility index (Phi) is 8.87. The predicted molar refractivity (Wildman–Crippen MR) is 126 cm³/mol. The summed E-state index contributed by atoms with van der Waals surface area (Å²) in [6.45, 7) is 14.4. The fourth-order valence-corrected chi connectivity index (χ4v) is 5.98. The summed E-state index contributed by atoms with van der Waals surface area (Å²) in [5, 5.41) is 2.68. The van der Waals surface area contributed by atoms with Crippen molar-refractivity contribution in [2.24, 2.45) is 5.92 Å². The smallest absolute Gasteiger partial charge is 1.00 e. The van der Waals surface area contributed by atoms with Crippen LogP contribution in [0.2, 0.25) is 0 Å². The van der Waals surface area contributed by atoms with Gasteiger partial charge in [-0.2, -0.15) is 0 Å². The Bertz CT molecular complexity index is 1190. The third kappa shape index (κ3) is 4.87. The molecule has 32 heavy (non-hydrogen) atoms. The second-order valence-electron chi connectivity index (χ2n) is 8.82. The first-order valence-corrected chi connectivity index (χ1v) is 11.4. The molecule has 0 spiro atoms. The summed E-state index contributed by atoms with van der Waals surface area (Å²) in [7, 11) is 0. The van der Waals surface area contributed by atoms with Crippen LogP contribution in [0.5, 0.6) is 0 Å². The van der Waals surface area contributed by atoms with Gasteiger partial charge in [0.25, 0.3) is 0 Å².